The number of amides is 1. The first kappa shape index (κ1) is 83.3. The molecule has 6 nitrogen and oxygen atoms in total. The first-order chi connectivity index (χ1) is 42.0. The number of unbranched alkanes of at least 4 members (excludes halogenated alkanes) is 59. The van der Waals surface area contributed by atoms with Gasteiger partial charge in [0.25, 0.3) is 0 Å². The number of rotatable bonds is 74. The summed E-state index contributed by atoms with van der Waals surface area (Å²) < 4.78 is 5.50. The van der Waals surface area contributed by atoms with Crippen LogP contribution in [-0.4, -0.2) is 47.4 Å². The van der Waals surface area contributed by atoms with Crippen molar-refractivity contribution in [3.63, 3.8) is 0 Å². The minimum absolute atomic E-state index is 0.00957. The van der Waals surface area contributed by atoms with Gasteiger partial charge in [-0.3, -0.25) is 9.59 Å². The molecule has 0 bridgehead atoms. The summed E-state index contributed by atoms with van der Waals surface area (Å²) in [6, 6.07) is -0.543. The monoisotopic (exact) mass is 1200 g/mol. The van der Waals surface area contributed by atoms with Crippen LogP contribution in [0.25, 0.3) is 0 Å². The molecule has 0 aliphatic heterocycles. The van der Waals surface area contributed by atoms with E-state index < -0.39 is 12.1 Å². The Morgan fingerprint density at radius 3 is 0.835 bits per heavy atom. The van der Waals surface area contributed by atoms with Crippen LogP contribution in [0.2, 0.25) is 0 Å². The summed E-state index contributed by atoms with van der Waals surface area (Å²) in [5.74, 6) is -0.0199. The summed E-state index contributed by atoms with van der Waals surface area (Å²) in [5, 5.41) is 23.5. The molecule has 0 aliphatic carbocycles. The van der Waals surface area contributed by atoms with Crippen molar-refractivity contribution in [1.29, 1.82) is 0 Å². The average Bonchev–Trinajstić information content (AvgIpc) is 3.51. The van der Waals surface area contributed by atoms with Gasteiger partial charge in [0.15, 0.2) is 0 Å². The molecule has 2 unspecified atom stereocenters. The topological polar surface area (TPSA) is 95.9 Å². The molecule has 0 radical (unpaired) electrons. The number of hydrogen-bond acceptors (Lipinski definition) is 5. The van der Waals surface area contributed by atoms with Crippen molar-refractivity contribution in [2.24, 2.45) is 0 Å². The number of ether oxygens (including phenoxy) is 1. The standard InChI is InChI=1S/C79H153NO5/c1-3-5-7-9-11-13-15-17-19-21-22-23-24-31-34-37-40-43-47-51-55-59-63-67-71-77(82)76(75-81)80-78(83)72-68-64-60-56-52-48-44-41-38-35-32-29-27-25-26-28-30-33-36-39-42-46-50-54-58-62-66-70-74-85-79(84)73-69-65-61-57-53-49-45-20-18-16-14-12-10-8-6-4-2/h20,25-26,45,76-77,81-82H,3-19,21-24,27-44,46-75H2,1-2H3,(H,80,83)/b26-25-,45-20-. The maximum absolute atomic E-state index is 12.6. The number of aliphatic hydroxyl groups is 2. The van der Waals surface area contributed by atoms with Crippen LogP contribution in [0, 0.1) is 0 Å². The van der Waals surface area contributed by atoms with E-state index in [1.54, 1.807) is 0 Å². The van der Waals surface area contributed by atoms with Gasteiger partial charge < -0.3 is 20.3 Å². The lowest BCUT2D eigenvalue weighted by Gasteiger charge is -2.22. The highest BCUT2D eigenvalue weighted by atomic mass is 16.5. The van der Waals surface area contributed by atoms with Crippen LogP contribution in [0.5, 0.6) is 0 Å². The molecule has 0 aliphatic rings. The Kier molecular flexibility index (Phi) is 73.3. The normalized spacial score (nSPS) is 12.6. The highest BCUT2D eigenvalue weighted by Crippen LogP contribution is 2.20. The predicted molar refractivity (Wildman–Crippen MR) is 375 cm³/mol. The zero-order chi connectivity index (χ0) is 61.3. The van der Waals surface area contributed by atoms with Crippen molar-refractivity contribution in [3.05, 3.63) is 24.3 Å². The Labute approximate surface area is 532 Å². The van der Waals surface area contributed by atoms with Crippen LogP contribution in [0.4, 0.5) is 0 Å². The van der Waals surface area contributed by atoms with E-state index in [1.807, 2.05) is 0 Å². The molecule has 3 N–H and O–H groups in total. The van der Waals surface area contributed by atoms with E-state index in [4.69, 9.17) is 4.74 Å². The molecule has 0 heterocycles. The second-order valence-electron chi connectivity index (χ2n) is 27.0. The van der Waals surface area contributed by atoms with Gasteiger partial charge in [-0.2, -0.15) is 0 Å². The van der Waals surface area contributed by atoms with Crippen LogP contribution >= 0.6 is 0 Å². The number of nitrogens with one attached hydrogen (secondary N) is 1. The van der Waals surface area contributed by atoms with E-state index >= 15 is 0 Å². The molecule has 0 rings (SSSR count). The number of aliphatic hydroxyl groups excluding tert-OH is 2. The predicted octanol–water partition coefficient (Wildman–Crippen LogP) is 25.7. The lowest BCUT2D eigenvalue weighted by molar-refractivity contribution is -0.143. The zero-order valence-corrected chi connectivity index (χ0v) is 57.9. The van der Waals surface area contributed by atoms with Crippen molar-refractivity contribution in [2.45, 2.75) is 456 Å². The molecule has 0 aromatic heterocycles. The minimum atomic E-state index is -0.666. The quantitative estimate of drug-likeness (QED) is 0.0320. The summed E-state index contributed by atoms with van der Waals surface area (Å²) in [6.07, 6.45) is 95.4. The average molecular weight is 1200 g/mol. The van der Waals surface area contributed by atoms with Crippen LogP contribution in [0.1, 0.15) is 444 Å². The van der Waals surface area contributed by atoms with Crippen LogP contribution < -0.4 is 5.32 Å². The molecule has 85 heavy (non-hydrogen) atoms. The van der Waals surface area contributed by atoms with Gasteiger partial charge in [0.2, 0.25) is 5.91 Å². The van der Waals surface area contributed by atoms with E-state index in [9.17, 15) is 19.8 Å². The van der Waals surface area contributed by atoms with Gasteiger partial charge in [0.05, 0.1) is 25.4 Å². The van der Waals surface area contributed by atoms with E-state index in [2.05, 4.69) is 43.5 Å². The van der Waals surface area contributed by atoms with Crippen LogP contribution in [0.3, 0.4) is 0 Å². The Bertz CT molecular complexity index is 1330. The Morgan fingerprint density at radius 1 is 0.318 bits per heavy atom. The number of hydrogen-bond donors (Lipinski definition) is 3. The number of carbonyl (C=O) groups excluding carboxylic acids is 2. The third-order valence-corrected chi connectivity index (χ3v) is 18.5. The molecule has 0 fully saturated rings. The van der Waals surface area contributed by atoms with Crippen molar-refractivity contribution >= 4 is 11.9 Å². The number of esters is 1. The first-order valence-corrected chi connectivity index (χ1v) is 39.1. The van der Waals surface area contributed by atoms with Gasteiger partial charge in [-0.25, -0.2) is 0 Å². The van der Waals surface area contributed by atoms with Gasteiger partial charge in [0.1, 0.15) is 0 Å². The maximum atomic E-state index is 12.6. The molecule has 0 spiro atoms. The Morgan fingerprint density at radius 2 is 0.553 bits per heavy atom. The fraction of sp³-hybridized carbons (Fsp3) is 0.924. The number of carbonyl (C=O) groups is 2. The zero-order valence-electron chi connectivity index (χ0n) is 57.9. The molecule has 2 atom stereocenters. The molecular formula is C79H153NO5. The van der Waals surface area contributed by atoms with Gasteiger partial charge in [0, 0.05) is 12.8 Å². The number of allylic oxidation sites excluding steroid dienone is 4. The summed E-state index contributed by atoms with van der Waals surface area (Å²) in [6.45, 7) is 5.00. The summed E-state index contributed by atoms with van der Waals surface area (Å²) >= 11 is 0. The smallest absolute Gasteiger partial charge is 0.305 e. The van der Waals surface area contributed by atoms with E-state index in [1.165, 1.54) is 366 Å². The molecule has 0 saturated heterocycles. The van der Waals surface area contributed by atoms with E-state index in [0.717, 1.165) is 44.9 Å². The first-order valence-electron chi connectivity index (χ1n) is 39.1. The molecule has 0 saturated carbocycles. The lowest BCUT2D eigenvalue weighted by atomic mass is 10.0. The maximum Gasteiger partial charge on any atom is 0.305 e. The summed E-state index contributed by atoms with van der Waals surface area (Å²) in [4.78, 5) is 24.7. The molecule has 6 heteroatoms. The fourth-order valence-electron chi connectivity index (χ4n) is 12.5. The molecular weight excluding hydrogens is 1040 g/mol. The fourth-order valence-corrected chi connectivity index (χ4v) is 12.5. The SMILES string of the molecule is CCCCCCCCC/C=C\CCCCCCCC(=O)OCCCCCCCCCCCCCC/C=C\CCCCCCCCCCCCCCC(=O)NC(CO)C(O)CCCCCCCCCCCCCCCCCCCCCCCCCC. The second-order valence-corrected chi connectivity index (χ2v) is 27.0. The molecule has 0 aromatic rings. The largest absolute Gasteiger partial charge is 0.466 e. The van der Waals surface area contributed by atoms with Gasteiger partial charge in [-0.1, -0.05) is 378 Å². The highest BCUT2D eigenvalue weighted by molar-refractivity contribution is 5.76. The van der Waals surface area contributed by atoms with Crippen molar-refractivity contribution in [1.82, 2.24) is 5.32 Å². The lowest BCUT2D eigenvalue weighted by Crippen LogP contribution is -2.45. The van der Waals surface area contributed by atoms with Crippen molar-refractivity contribution in [3.8, 4) is 0 Å². The second kappa shape index (κ2) is 74.8. The van der Waals surface area contributed by atoms with Gasteiger partial charge in [-0.15, -0.1) is 0 Å². The molecule has 0 aromatic carbocycles. The summed E-state index contributed by atoms with van der Waals surface area (Å²) in [7, 11) is 0. The van der Waals surface area contributed by atoms with Crippen LogP contribution in [-0.2, 0) is 14.3 Å². The van der Waals surface area contributed by atoms with Gasteiger partial charge >= 0.3 is 5.97 Å². The molecule has 504 valence electrons. The minimum Gasteiger partial charge on any atom is -0.466 e. The third-order valence-electron chi connectivity index (χ3n) is 18.5. The van der Waals surface area contributed by atoms with Gasteiger partial charge in [-0.05, 0) is 77.0 Å². The highest BCUT2D eigenvalue weighted by Gasteiger charge is 2.20. The molecule has 1 amide bonds. The Balaban J connectivity index is 3.38. The van der Waals surface area contributed by atoms with E-state index in [0.29, 0.717) is 25.9 Å². The van der Waals surface area contributed by atoms with Crippen molar-refractivity contribution < 1.29 is 24.5 Å². The van der Waals surface area contributed by atoms with E-state index in [-0.39, 0.29) is 18.5 Å². The third kappa shape index (κ3) is 71.3. The van der Waals surface area contributed by atoms with Crippen LogP contribution in [0.15, 0.2) is 24.3 Å². The van der Waals surface area contributed by atoms with Crippen molar-refractivity contribution in [2.75, 3.05) is 13.2 Å². The Hall–Kier alpha value is -1.66. The summed E-state index contributed by atoms with van der Waals surface area (Å²) in [5.41, 5.74) is 0.